The van der Waals surface area contributed by atoms with Gasteiger partial charge >= 0.3 is 0 Å². The molecule has 4 nitrogen and oxygen atoms in total. The summed E-state index contributed by atoms with van der Waals surface area (Å²) in [6.07, 6.45) is 0. The largest absolute Gasteiger partial charge is 0.497 e. The standard InChI is InChI=1S/C10H16N2O2/c1-7(12-11)9-5-4-8(13-2)6-10(9)14-3/h4-7,12H,11H2,1-3H3. The molecule has 0 aliphatic rings. The third-order valence-corrected chi connectivity index (χ3v) is 2.16. The van der Waals surface area contributed by atoms with E-state index in [1.807, 2.05) is 25.1 Å². The Kier molecular flexibility index (Phi) is 3.73. The predicted molar refractivity (Wildman–Crippen MR) is 55.3 cm³/mol. The topological polar surface area (TPSA) is 56.5 Å². The van der Waals surface area contributed by atoms with Crippen LogP contribution in [0.1, 0.15) is 18.5 Å². The Morgan fingerprint density at radius 1 is 1.29 bits per heavy atom. The molecule has 1 aromatic carbocycles. The summed E-state index contributed by atoms with van der Waals surface area (Å²) in [6.45, 7) is 1.96. The van der Waals surface area contributed by atoms with Crippen LogP contribution in [0.4, 0.5) is 0 Å². The number of nitrogens with one attached hydrogen (secondary N) is 1. The minimum Gasteiger partial charge on any atom is -0.497 e. The fourth-order valence-corrected chi connectivity index (χ4v) is 1.27. The lowest BCUT2D eigenvalue weighted by molar-refractivity contribution is 0.386. The molecule has 3 N–H and O–H groups in total. The quantitative estimate of drug-likeness (QED) is 0.561. The highest BCUT2D eigenvalue weighted by atomic mass is 16.5. The highest BCUT2D eigenvalue weighted by molar-refractivity contribution is 5.42. The Morgan fingerprint density at radius 2 is 2.00 bits per heavy atom. The average molecular weight is 196 g/mol. The van der Waals surface area contributed by atoms with Gasteiger partial charge in [-0.05, 0) is 13.0 Å². The van der Waals surface area contributed by atoms with E-state index in [0.717, 1.165) is 17.1 Å². The van der Waals surface area contributed by atoms with E-state index >= 15 is 0 Å². The van der Waals surface area contributed by atoms with Crippen molar-refractivity contribution < 1.29 is 9.47 Å². The third kappa shape index (κ3) is 2.16. The lowest BCUT2D eigenvalue weighted by Gasteiger charge is -2.15. The van der Waals surface area contributed by atoms with Gasteiger partial charge in [0.1, 0.15) is 11.5 Å². The molecule has 4 heteroatoms. The molecule has 0 radical (unpaired) electrons. The van der Waals surface area contributed by atoms with Gasteiger partial charge in [-0.3, -0.25) is 11.3 Å². The first-order valence-corrected chi connectivity index (χ1v) is 4.41. The summed E-state index contributed by atoms with van der Waals surface area (Å²) in [5.74, 6) is 6.91. The minimum absolute atomic E-state index is 0.0517. The van der Waals surface area contributed by atoms with Crippen molar-refractivity contribution >= 4 is 0 Å². The van der Waals surface area contributed by atoms with Gasteiger partial charge in [0.25, 0.3) is 0 Å². The van der Waals surface area contributed by atoms with E-state index < -0.39 is 0 Å². The minimum atomic E-state index is 0.0517. The smallest absolute Gasteiger partial charge is 0.127 e. The molecular weight excluding hydrogens is 180 g/mol. The number of hydrogen-bond acceptors (Lipinski definition) is 4. The molecular formula is C10H16N2O2. The summed E-state index contributed by atoms with van der Waals surface area (Å²) in [5, 5.41) is 0. The third-order valence-electron chi connectivity index (χ3n) is 2.16. The molecule has 0 amide bonds. The van der Waals surface area contributed by atoms with E-state index in [-0.39, 0.29) is 6.04 Å². The Labute approximate surface area is 84.0 Å². The molecule has 0 aliphatic heterocycles. The number of benzene rings is 1. The molecule has 0 aliphatic carbocycles. The van der Waals surface area contributed by atoms with Gasteiger partial charge < -0.3 is 9.47 Å². The molecule has 0 heterocycles. The van der Waals surface area contributed by atoms with Crippen LogP contribution in [0.5, 0.6) is 11.5 Å². The zero-order valence-electron chi connectivity index (χ0n) is 8.70. The van der Waals surface area contributed by atoms with Gasteiger partial charge in [0, 0.05) is 17.7 Å². The number of hydrogen-bond donors (Lipinski definition) is 2. The van der Waals surface area contributed by atoms with Crippen molar-refractivity contribution in [2.75, 3.05) is 14.2 Å². The zero-order chi connectivity index (χ0) is 10.6. The lowest BCUT2D eigenvalue weighted by Crippen LogP contribution is -2.25. The number of methoxy groups -OCH3 is 2. The van der Waals surface area contributed by atoms with E-state index in [9.17, 15) is 0 Å². The van der Waals surface area contributed by atoms with E-state index in [1.54, 1.807) is 14.2 Å². The highest BCUT2D eigenvalue weighted by Crippen LogP contribution is 2.28. The summed E-state index contributed by atoms with van der Waals surface area (Å²) >= 11 is 0. The maximum absolute atomic E-state index is 5.36. The molecule has 0 fully saturated rings. The molecule has 1 atom stereocenters. The van der Waals surface area contributed by atoms with Crippen LogP contribution < -0.4 is 20.7 Å². The van der Waals surface area contributed by atoms with Gasteiger partial charge in [0.2, 0.25) is 0 Å². The monoisotopic (exact) mass is 196 g/mol. The summed E-state index contributed by atoms with van der Waals surface area (Å²) in [7, 11) is 3.25. The van der Waals surface area contributed by atoms with Crippen LogP contribution in [0.15, 0.2) is 18.2 Å². The normalized spacial score (nSPS) is 12.3. The average Bonchev–Trinajstić information content (AvgIpc) is 2.27. The van der Waals surface area contributed by atoms with Crippen LogP contribution in [-0.4, -0.2) is 14.2 Å². The fraction of sp³-hybridized carbons (Fsp3) is 0.400. The summed E-state index contributed by atoms with van der Waals surface area (Å²) in [4.78, 5) is 0. The summed E-state index contributed by atoms with van der Waals surface area (Å²) in [6, 6.07) is 5.70. The Balaban J connectivity index is 3.04. The maximum atomic E-state index is 5.36. The number of ether oxygens (including phenoxy) is 2. The first-order valence-electron chi connectivity index (χ1n) is 4.41. The van der Waals surface area contributed by atoms with Gasteiger partial charge in [0.15, 0.2) is 0 Å². The first kappa shape index (κ1) is 10.8. The van der Waals surface area contributed by atoms with E-state index in [0.29, 0.717) is 0 Å². The Morgan fingerprint density at radius 3 is 2.50 bits per heavy atom. The second kappa shape index (κ2) is 4.83. The number of rotatable bonds is 4. The van der Waals surface area contributed by atoms with Crippen LogP contribution >= 0.6 is 0 Å². The van der Waals surface area contributed by atoms with Gasteiger partial charge in [0.05, 0.1) is 14.2 Å². The number of nitrogens with two attached hydrogens (primary N) is 1. The van der Waals surface area contributed by atoms with Crippen molar-refractivity contribution in [2.24, 2.45) is 5.84 Å². The van der Waals surface area contributed by atoms with Crippen LogP contribution in [0.25, 0.3) is 0 Å². The van der Waals surface area contributed by atoms with Crippen LogP contribution in [0, 0.1) is 0 Å². The van der Waals surface area contributed by atoms with Crippen molar-refractivity contribution in [3.05, 3.63) is 23.8 Å². The van der Waals surface area contributed by atoms with Crippen molar-refractivity contribution in [3.63, 3.8) is 0 Å². The molecule has 78 valence electrons. The van der Waals surface area contributed by atoms with E-state index in [1.165, 1.54) is 0 Å². The fourth-order valence-electron chi connectivity index (χ4n) is 1.27. The SMILES string of the molecule is COc1ccc(C(C)NN)c(OC)c1. The van der Waals surface area contributed by atoms with Crippen LogP contribution in [0.3, 0.4) is 0 Å². The molecule has 1 rings (SSSR count). The Bertz CT molecular complexity index is 302. The van der Waals surface area contributed by atoms with Crippen molar-refractivity contribution in [1.29, 1.82) is 0 Å². The molecule has 0 saturated heterocycles. The van der Waals surface area contributed by atoms with Crippen LogP contribution in [-0.2, 0) is 0 Å². The Hall–Kier alpha value is -1.26. The molecule has 1 aromatic rings. The molecule has 14 heavy (non-hydrogen) atoms. The molecule has 0 saturated carbocycles. The molecule has 0 spiro atoms. The van der Waals surface area contributed by atoms with Crippen molar-refractivity contribution in [2.45, 2.75) is 13.0 Å². The van der Waals surface area contributed by atoms with Crippen molar-refractivity contribution in [1.82, 2.24) is 5.43 Å². The van der Waals surface area contributed by atoms with E-state index in [2.05, 4.69) is 5.43 Å². The van der Waals surface area contributed by atoms with Crippen LogP contribution in [0.2, 0.25) is 0 Å². The summed E-state index contributed by atoms with van der Waals surface area (Å²) in [5.41, 5.74) is 3.68. The van der Waals surface area contributed by atoms with Crippen molar-refractivity contribution in [3.8, 4) is 11.5 Å². The maximum Gasteiger partial charge on any atom is 0.127 e. The number of hydrazine groups is 1. The predicted octanol–water partition coefficient (Wildman–Crippen LogP) is 1.23. The first-order chi connectivity index (χ1) is 6.72. The van der Waals surface area contributed by atoms with Gasteiger partial charge in [-0.1, -0.05) is 6.07 Å². The summed E-state index contributed by atoms with van der Waals surface area (Å²) < 4.78 is 10.3. The van der Waals surface area contributed by atoms with Gasteiger partial charge in [-0.15, -0.1) is 0 Å². The molecule has 0 bridgehead atoms. The van der Waals surface area contributed by atoms with Gasteiger partial charge in [-0.2, -0.15) is 0 Å². The second-order valence-corrected chi connectivity index (χ2v) is 3.00. The molecule has 1 unspecified atom stereocenters. The van der Waals surface area contributed by atoms with Gasteiger partial charge in [-0.25, -0.2) is 0 Å². The second-order valence-electron chi connectivity index (χ2n) is 3.00. The highest BCUT2D eigenvalue weighted by Gasteiger charge is 2.10. The zero-order valence-corrected chi connectivity index (χ0v) is 8.70. The van der Waals surface area contributed by atoms with E-state index in [4.69, 9.17) is 15.3 Å². The lowest BCUT2D eigenvalue weighted by atomic mass is 10.1. The molecule has 0 aromatic heterocycles.